The molecule has 1 aliphatic rings. The van der Waals surface area contributed by atoms with Crippen molar-refractivity contribution in [2.75, 3.05) is 20.1 Å². The second kappa shape index (κ2) is 3.01. The summed E-state index contributed by atoms with van der Waals surface area (Å²) in [4.78, 5) is 12.5. The largest absolute Gasteiger partial charge is 0.344 e. The number of carbonyl (C=O) groups is 1. The van der Waals surface area contributed by atoms with Crippen LogP contribution in [-0.2, 0) is 4.79 Å². The van der Waals surface area contributed by atoms with Crippen LogP contribution in [0.15, 0.2) is 0 Å². The molecular formula is C7H14N2O. The number of nitrogens with one attached hydrogen (secondary N) is 1. The van der Waals surface area contributed by atoms with Crippen LogP contribution in [0.5, 0.6) is 0 Å². The number of nitrogens with zero attached hydrogens (tertiary/aromatic N) is 1. The summed E-state index contributed by atoms with van der Waals surface area (Å²) < 4.78 is 0. The van der Waals surface area contributed by atoms with E-state index in [1.165, 1.54) is 6.42 Å². The highest BCUT2D eigenvalue weighted by Crippen LogP contribution is 2.02. The Bertz CT molecular complexity index is 132. The summed E-state index contributed by atoms with van der Waals surface area (Å²) in [5, 5.41) is 3.24. The molecule has 3 heteroatoms. The zero-order valence-corrected chi connectivity index (χ0v) is 6.55. The highest BCUT2D eigenvalue weighted by molar-refractivity contribution is 5.72. The van der Waals surface area contributed by atoms with Crippen LogP contribution in [0, 0.1) is 0 Å². The van der Waals surface area contributed by atoms with E-state index in [-0.39, 0.29) is 5.91 Å². The van der Waals surface area contributed by atoms with E-state index in [1.54, 1.807) is 11.8 Å². The molecule has 0 bridgehead atoms. The van der Waals surface area contributed by atoms with Gasteiger partial charge in [0.25, 0.3) is 0 Å². The molecule has 0 aromatic carbocycles. The summed E-state index contributed by atoms with van der Waals surface area (Å²) in [6.45, 7) is 3.56. The topological polar surface area (TPSA) is 32.3 Å². The van der Waals surface area contributed by atoms with E-state index in [0.29, 0.717) is 6.04 Å². The van der Waals surface area contributed by atoms with Crippen LogP contribution in [0.4, 0.5) is 0 Å². The Morgan fingerprint density at radius 3 is 2.70 bits per heavy atom. The van der Waals surface area contributed by atoms with Crippen molar-refractivity contribution in [3.8, 4) is 0 Å². The molecule has 1 saturated heterocycles. The molecule has 1 fully saturated rings. The molecule has 1 atom stereocenters. The van der Waals surface area contributed by atoms with Crippen LogP contribution >= 0.6 is 0 Å². The monoisotopic (exact) mass is 142 g/mol. The minimum atomic E-state index is 0.147. The Kier molecular flexibility index (Phi) is 2.27. The smallest absolute Gasteiger partial charge is 0.219 e. The van der Waals surface area contributed by atoms with Crippen molar-refractivity contribution in [1.29, 1.82) is 0 Å². The molecule has 10 heavy (non-hydrogen) atoms. The van der Waals surface area contributed by atoms with E-state index in [1.807, 2.05) is 7.05 Å². The predicted molar refractivity (Wildman–Crippen MR) is 39.7 cm³/mol. The first-order valence-corrected chi connectivity index (χ1v) is 3.65. The Morgan fingerprint density at radius 2 is 2.40 bits per heavy atom. The summed E-state index contributed by atoms with van der Waals surface area (Å²) in [6, 6.07) is 0.550. The number of likely N-dealkylation sites (N-methyl/N-ethyl adjacent to an activating group) is 1. The number of rotatable bonds is 2. The quantitative estimate of drug-likeness (QED) is 0.580. The van der Waals surface area contributed by atoms with Gasteiger partial charge in [0, 0.05) is 26.6 Å². The van der Waals surface area contributed by atoms with E-state index in [9.17, 15) is 4.79 Å². The Labute approximate surface area is 61.4 Å². The maximum absolute atomic E-state index is 10.7. The third-order valence-electron chi connectivity index (χ3n) is 1.96. The highest BCUT2D eigenvalue weighted by atomic mass is 16.2. The number of carbonyl (C=O) groups excluding carboxylic acids is 1. The summed E-state index contributed by atoms with van der Waals surface area (Å²) in [5.41, 5.74) is 0. The molecule has 0 aliphatic carbocycles. The van der Waals surface area contributed by atoms with Gasteiger partial charge < -0.3 is 10.2 Å². The van der Waals surface area contributed by atoms with Gasteiger partial charge >= 0.3 is 0 Å². The van der Waals surface area contributed by atoms with Crippen molar-refractivity contribution in [2.24, 2.45) is 0 Å². The zero-order chi connectivity index (χ0) is 7.56. The van der Waals surface area contributed by atoms with E-state index in [4.69, 9.17) is 0 Å². The fraction of sp³-hybridized carbons (Fsp3) is 0.857. The maximum atomic E-state index is 10.7. The molecule has 1 heterocycles. The maximum Gasteiger partial charge on any atom is 0.219 e. The van der Waals surface area contributed by atoms with Gasteiger partial charge in [-0.15, -0.1) is 0 Å². The number of hydrogen-bond acceptors (Lipinski definition) is 2. The zero-order valence-electron chi connectivity index (χ0n) is 6.55. The predicted octanol–water partition coefficient (Wildman–Crippen LogP) is -0.173. The molecule has 1 rings (SSSR count). The fourth-order valence-corrected chi connectivity index (χ4v) is 0.963. The van der Waals surface area contributed by atoms with Crippen LogP contribution in [0.25, 0.3) is 0 Å². The summed E-state index contributed by atoms with van der Waals surface area (Å²) in [5.74, 6) is 0.147. The first-order chi connectivity index (χ1) is 4.70. The average molecular weight is 142 g/mol. The van der Waals surface area contributed by atoms with E-state index >= 15 is 0 Å². The summed E-state index contributed by atoms with van der Waals surface area (Å²) in [6.07, 6.45) is 1.21. The van der Waals surface area contributed by atoms with Gasteiger partial charge in [0.2, 0.25) is 5.91 Å². The summed E-state index contributed by atoms with van der Waals surface area (Å²) in [7, 11) is 1.84. The molecule has 1 amide bonds. The Balaban J connectivity index is 2.16. The minimum absolute atomic E-state index is 0.147. The molecule has 1 unspecified atom stereocenters. The standard InChI is InChI=1S/C7H14N2O/c1-6(10)9(2)5-7-3-4-8-7/h7-8H,3-5H2,1-2H3. The molecule has 58 valence electrons. The molecular weight excluding hydrogens is 128 g/mol. The van der Waals surface area contributed by atoms with E-state index < -0.39 is 0 Å². The van der Waals surface area contributed by atoms with Gasteiger partial charge in [-0.2, -0.15) is 0 Å². The molecule has 0 saturated carbocycles. The third-order valence-corrected chi connectivity index (χ3v) is 1.96. The average Bonchev–Trinajstić information content (AvgIpc) is 1.77. The van der Waals surface area contributed by atoms with Gasteiger partial charge in [-0.25, -0.2) is 0 Å². The highest BCUT2D eigenvalue weighted by Gasteiger charge is 2.18. The summed E-state index contributed by atoms with van der Waals surface area (Å²) >= 11 is 0. The lowest BCUT2D eigenvalue weighted by molar-refractivity contribution is -0.128. The Morgan fingerprint density at radius 1 is 1.80 bits per heavy atom. The van der Waals surface area contributed by atoms with Crippen molar-refractivity contribution in [3.63, 3.8) is 0 Å². The van der Waals surface area contributed by atoms with Crippen molar-refractivity contribution in [2.45, 2.75) is 19.4 Å². The van der Waals surface area contributed by atoms with E-state index in [0.717, 1.165) is 13.1 Å². The third kappa shape index (κ3) is 1.70. The normalized spacial score (nSPS) is 23.6. The Hall–Kier alpha value is -0.570. The minimum Gasteiger partial charge on any atom is -0.344 e. The first-order valence-electron chi connectivity index (χ1n) is 3.65. The van der Waals surface area contributed by atoms with Crippen LogP contribution in [0.1, 0.15) is 13.3 Å². The van der Waals surface area contributed by atoms with Gasteiger partial charge in [-0.3, -0.25) is 4.79 Å². The lowest BCUT2D eigenvalue weighted by Gasteiger charge is -2.31. The molecule has 0 aromatic heterocycles. The number of hydrogen-bond donors (Lipinski definition) is 1. The van der Waals surface area contributed by atoms with Crippen LogP contribution in [0.3, 0.4) is 0 Å². The van der Waals surface area contributed by atoms with Crippen LogP contribution < -0.4 is 5.32 Å². The molecule has 0 aromatic rings. The lowest BCUT2D eigenvalue weighted by Crippen LogP contribution is -2.50. The van der Waals surface area contributed by atoms with Crippen molar-refractivity contribution < 1.29 is 4.79 Å². The molecule has 1 aliphatic heterocycles. The molecule has 0 spiro atoms. The second-order valence-electron chi connectivity index (χ2n) is 2.84. The van der Waals surface area contributed by atoms with Crippen molar-refractivity contribution in [3.05, 3.63) is 0 Å². The van der Waals surface area contributed by atoms with Gasteiger partial charge in [0.1, 0.15) is 0 Å². The van der Waals surface area contributed by atoms with Gasteiger partial charge in [0.15, 0.2) is 0 Å². The molecule has 1 N–H and O–H groups in total. The van der Waals surface area contributed by atoms with Crippen molar-refractivity contribution >= 4 is 5.91 Å². The van der Waals surface area contributed by atoms with E-state index in [2.05, 4.69) is 5.32 Å². The lowest BCUT2D eigenvalue weighted by atomic mass is 10.1. The van der Waals surface area contributed by atoms with Gasteiger partial charge in [-0.05, 0) is 13.0 Å². The van der Waals surface area contributed by atoms with Crippen LogP contribution in [0.2, 0.25) is 0 Å². The molecule has 0 radical (unpaired) electrons. The SMILES string of the molecule is CC(=O)N(C)CC1CCN1. The fourth-order valence-electron chi connectivity index (χ4n) is 0.963. The van der Waals surface area contributed by atoms with Crippen molar-refractivity contribution in [1.82, 2.24) is 10.2 Å². The first kappa shape index (κ1) is 7.54. The second-order valence-corrected chi connectivity index (χ2v) is 2.84. The number of amides is 1. The van der Waals surface area contributed by atoms with Gasteiger partial charge in [0.05, 0.1) is 0 Å². The molecule has 3 nitrogen and oxygen atoms in total. The van der Waals surface area contributed by atoms with Crippen LogP contribution in [-0.4, -0.2) is 37.0 Å². The van der Waals surface area contributed by atoms with Gasteiger partial charge in [-0.1, -0.05) is 0 Å².